The fraction of sp³-hybridized carbons (Fsp3) is 0.250. The molecule has 1 N–H and O–H groups in total. The van der Waals surface area contributed by atoms with Gasteiger partial charge in [-0.25, -0.2) is 9.00 Å². The number of carboxylic acids is 1. The molecule has 0 amide bonds. The summed E-state index contributed by atoms with van der Waals surface area (Å²) in [5.74, 6) is -0.960. The van der Waals surface area contributed by atoms with Crippen LogP contribution in [0.5, 0.6) is 0 Å². The van der Waals surface area contributed by atoms with Crippen LogP contribution in [-0.2, 0) is 10.8 Å². The minimum atomic E-state index is -1.29. The van der Waals surface area contributed by atoms with Crippen molar-refractivity contribution in [3.05, 3.63) is 71.3 Å². The van der Waals surface area contributed by atoms with Crippen molar-refractivity contribution in [2.75, 3.05) is 0 Å². The van der Waals surface area contributed by atoms with Gasteiger partial charge in [-0.1, -0.05) is 55.7 Å². The van der Waals surface area contributed by atoms with Crippen molar-refractivity contribution >= 4 is 21.7 Å². The summed E-state index contributed by atoms with van der Waals surface area (Å²) < 4.78 is 13.0. The highest BCUT2D eigenvalue weighted by Crippen LogP contribution is 2.26. The molecule has 0 bridgehead atoms. The summed E-state index contributed by atoms with van der Waals surface area (Å²) in [5, 5.41) is 9.03. The van der Waals surface area contributed by atoms with E-state index in [4.69, 9.17) is 5.11 Å². The van der Waals surface area contributed by atoms with Crippen LogP contribution in [0.15, 0.2) is 59.5 Å². The first-order chi connectivity index (χ1) is 11.5. The number of unbranched alkanes of at least 4 members (excludes halogenated alkanes) is 2. The second-order valence-corrected chi connectivity index (χ2v) is 7.12. The molecule has 0 heterocycles. The van der Waals surface area contributed by atoms with Crippen LogP contribution in [0.2, 0.25) is 0 Å². The van der Waals surface area contributed by atoms with Gasteiger partial charge < -0.3 is 5.11 Å². The van der Waals surface area contributed by atoms with Gasteiger partial charge in [0, 0.05) is 9.80 Å². The van der Waals surface area contributed by atoms with Gasteiger partial charge in [0.1, 0.15) is 0 Å². The predicted octanol–water partition coefficient (Wildman–Crippen LogP) is 5.03. The Hall–Kier alpha value is -2.20. The Morgan fingerprint density at radius 3 is 2.17 bits per heavy atom. The number of hydrogen-bond acceptors (Lipinski definition) is 2. The molecular formula is C20H22O3S. The lowest BCUT2D eigenvalue weighted by molar-refractivity contribution is 0.0697. The zero-order chi connectivity index (χ0) is 17.5. The van der Waals surface area contributed by atoms with Gasteiger partial charge in [0.25, 0.3) is 0 Å². The van der Waals surface area contributed by atoms with E-state index in [2.05, 4.69) is 6.92 Å². The van der Waals surface area contributed by atoms with Gasteiger partial charge in [-0.3, -0.25) is 0 Å². The van der Waals surface area contributed by atoms with Gasteiger partial charge in [-0.2, -0.15) is 0 Å². The molecule has 0 spiro atoms. The minimum absolute atomic E-state index is 0.229. The average Bonchev–Trinajstić information content (AvgIpc) is 2.59. The molecule has 2 aromatic carbocycles. The number of aryl methyl sites for hydroxylation is 1. The zero-order valence-corrected chi connectivity index (χ0v) is 14.8. The fourth-order valence-electron chi connectivity index (χ4n) is 2.30. The van der Waals surface area contributed by atoms with E-state index in [1.54, 1.807) is 24.3 Å². The van der Waals surface area contributed by atoms with E-state index in [9.17, 15) is 9.00 Å². The smallest absolute Gasteiger partial charge is 0.335 e. The molecule has 0 radical (unpaired) electrons. The van der Waals surface area contributed by atoms with Crippen molar-refractivity contribution < 1.29 is 14.1 Å². The number of hydrogen-bond donors (Lipinski definition) is 1. The van der Waals surface area contributed by atoms with Crippen molar-refractivity contribution in [1.82, 2.24) is 0 Å². The normalized spacial score (nSPS) is 12.8. The number of aromatic carboxylic acids is 1. The second kappa shape index (κ2) is 8.60. The molecule has 0 saturated heterocycles. The van der Waals surface area contributed by atoms with Crippen LogP contribution in [0, 0.1) is 6.92 Å². The van der Waals surface area contributed by atoms with E-state index >= 15 is 0 Å². The van der Waals surface area contributed by atoms with E-state index < -0.39 is 16.8 Å². The molecule has 0 unspecified atom stereocenters. The van der Waals surface area contributed by atoms with Crippen LogP contribution in [-0.4, -0.2) is 15.3 Å². The number of benzene rings is 2. The van der Waals surface area contributed by atoms with E-state index in [1.165, 1.54) is 0 Å². The van der Waals surface area contributed by atoms with Crippen molar-refractivity contribution in [1.29, 1.82) is 0 Å². The van der Waals surface area contributed by atoms with Crippen LogP contribution in [0.25, 0.3) is 4.91 Å². The van der Waals surface area contributed by atoms with Crippen molar-refractivity contribution in [2.45, 2.75) is 38.0 Å². The zero-order valence-electron chi connectivity index (χ0n) is 14.0. The lowest BCUT2D eigenvalue weighted by Crippen LogP contribution is -1.99. The van der Waals surface area contributed by atoms with Gasteiger partial charge in [0.2, 0.25) is 0 Å². The standard InChI is InChI=1S/C20H22O3S/c1-3-4-5-6-19(16-9-11-17(12-10-16)20(21)22)24(23)18-13-7-15(2)8-14-18/h6-14H,3-5H2,1-2H3,(H,21,22)/b19-6-/t24-/m0/s1. The van der Waals surface area contributed by atoms with Gasteiger partial charge in [-0.15, -0.1) is 0 Å². The molecule has 0 aliphatic rings. The van der Waals surface area contributed by atoms with Gasteiger partial charge in [-0.05, 0) is 43.2 Å². The molecule has 126 valence electrons. The van der Waals surface area contributed by atoms with Crippen molar-refractivity contribution in [3.63, 3.8) is 0 Å². The maximum absolute atomic E-state index is 13.0. The third-order valence-electron chi connectivity index (χ3n) is 3.74. The van der Waals surface area contributed by atoms with Gasteiger partial charge in [0.15, 0.2) is 0 Å². The van der Waals surface area contributed by atoms with Gasteiger partial charge >= 0.3 is 5.97 Å². The molecule has 0 fully saturated rings. The number of allylic oxidation sites excluding steroid dienone is 1. The van der Waals surface area contributed by atoms with Gasteiger partial charge in [0.05, 0.1) is 16.4 Å². The Morgan fingerprint density at radius 2 is 1.62 bits per heavy atom. The maximum Gasteiger partial charge on any atom is 0.335 e. The molecule has 0 aliphatic heterocycles. The van der Waals surface area contributed by atoms with Crippen LogP contribution in [0.1, 0.15) is 47.7 Å². The Morgan fingerprint density at radius 1 is 1.04 bits per heavy atom. The first-order valence-corrected chi connectivity index (χ1v) is 9.20. The summed E-state index contributed by atoms with van der Waals surface area (Å²) in [4.78, 5) is 12.5. The Kier molecular flexibility index (Phi) is 6.50. The van der Waals surface area contributed by atoms with Crippen molar-refractivity contribution in [3.8, 4) is 0 Å². The molecule has 0 aromatic heterocycles. The van der Waals surface area contributed by atoms with E-state index in [0.29, 0.717) is 0 Å². The number of carbonyl (C=O) groups is 1. The summed E-state index contributed by atoms with van der Waals surface area (Å²) in [7, 11) is -1.29. The highest BCUT2D eigenvalue weighted by molar-refractivity contribution is 7.94. The summed E-state index contributed by atoms with van der Waals surface area (Å²) >= 11 is 0. The van der Waals surface area contributed by atoms with E-state index in [1.807, 2.05) is 37.3 Å². The molecule has 3 nitrogen and oxygen atoms in total. The number of carboxylic acid groups (broad SMARTS) is 1. The fourth-order valence-corrected chi connectivity index (χ4v) is 3.56. The Labute approximate surface area is 145 Å². The first-order valence-electron chi connectivity index (χ1n) is 8.05. The van der Waals surface area contributed by atoms with E-state index in [0.717, 1.165) is 40.2 Å². The van der Waals surface area contributed by atoms with Crippen LogP contribution in [0.4, 0.5) is 0 Å². The second-order valence-electron chi connectivity index (χ2n) is 5.67. The lowest BCUT2D eigenvalue weighted by Gasteiger charge is -2.09. The largest absolute Gasteiger partial charge is 0.478 e. The average molecular weight is 342 g/mol. The lowest BCUT2D eigenvalue weighted by atomic mass is 10.1. The first kappa shape index (κ1) is 18.1. The van der Waals surface area contributed by atoms with Crippen LogP contribution >= 0.6 is 0 Å². The van der Waals surface area contributed by atoms with Crippen LogP contribution < -0.4 is 0 Å². The van der Waals surface area contributed by atoms with Crippen LogP contribution in [0.3, 0.4) is 0 Å². The minimum Gasteiger partial charge on any atom is -0.478 e. The quantitative estimate of drug-likeness (QED) is 0.718. The third-order valence-corrected chi connectivity index (χ3v) is 5.24. The molecule has 1 atom stereocenters. The molecular weight excluding hydrogens is 320 g/mol. The highest BCUT2D eigenvalue weighted by atomic mass is 32.2. The highest BCUT2D eigenvalue weighted by Gasteiger charge is 2.13. The van der Waals surface area contributed by atoms with E-state index in [-0.39, 0.29) is 5.56 Å². The Bertz CT molecular complexity index is 743. The SMILES string of the molecule is CCCC/C=C(/c1ccc(C(=O)O)cc1)[S@@](=O)c1ccc(C)cc1. The summed E-state index contributed by atoms with van der Waals surface area (Å²) in [5.41, 5.74) is 2.15. The summed E-state index contributed by atoms with van der Waals surface area (Å²) in [6.07, 6.45) is 4.96. The maximum atomic E-state index is 13.0. The number of rotatable bonds is 7. The topological polar surface area (TPSA) is 54.4 Å². The predicted molar refractivity (Wildman–Crippen MR) is 98.5 cm³/mol. The summed E-state index contributed by atoms with van der Waals surface area (Å²) in [6, 6.07) is 14.2. The summed E-state index contributed by atoms with van der Waals surface area (Å²) in [6.45, 7) is 4.11. The van der Waals surface area contributed by atoms with Crippen molar-refractivity contribution in [2.24, 2.45) is 0 Å². The molecule has 2 rings (SSSR count). The Balaban J connectivity index is 2.36. The molecule has 0 saturated carbocycles. The molecule has 2 aromatic rings. The monoisotopic (exact) mass is 342 g/mol. The molecule has 4 heteroatoms. The molecule has 0 aliphatic carbocycles. The molecule has 24 heavy (non-hydrogen) atoms. The third kappa shape index (κ3) is 4.65.